The fraction of sp³-hybridized carbons (Fsp3) is 0.217. The molecule has 0 heterocycles. The predicted molar refractivity (Wildman–Crippen MR) is 95.9 cm³/mol. The number of benzene rings is 2. The summed E-state index contributed by atoms with van der Waals surface area (Å²) in [5.74, 6) is 1.66. The number of fused-ring (bicyclic) bond motifs is 5. The first-order chi connectivity index (χ1) is 11.4. The Morgan fingerprint density at radius 3 is 1.61 bits per heavy atom. The Bertz CT molecular complexity index is 765. The van der Waals surface area contributed by atoms with Crippen molar-refractivity contribution in [2.24, 2.45) is 11.8 Å². The Balaban J connectivity index is 1.72. The third kappa shape index (κ3) is 2.05. The van der Waals surface area contributed by atoms with Gasteiger partial charge < -0.3 is 0 Å². The summed E-state index contributed by atoms with van der Waals surface area (Å²) >= 11 is 0. The minimum atomic E-state index is 0.830. The highest BCUT2D eigenvalue weighted by molar-refractivity contribution is 5.87. The highest BCUT2D eigenvalue weighted by Gasteiger charge is 2.41. The van der Waals surface area contributed by atoms with Crippen molar-refractivity contribution in [2.45, 2.75) is 19.3 Å². The Labute approximate surface area is 137 Å². The number of hydrogen-bond donors (Lipinski definition) is 0. The van der Waals surface area contributed by atoms with Gasteiger partial charge in [-0.3, -0.25) is 0 Å². The fourth-order valence-corrected chi connectivity index (χ4v) is 4.65. The van der Waals surface area contributed by atoms with E-state index in [1.807, 2.05) is 0 Å². The summed E-state index contributed by atoms with van der Waals surface area (Å²) < 4.78 is 0. The van der Waals surface area contributed by atoms with Crippen LogP contribution in [-0.2, 0) is 0 Å². The molecule has 0 saturated heterocycles. The van der Waals surface area contributed by atoms with Gasteiger partial charge in [-0.05, 0) is 64.5 Å². The van der Waals surface area contributed by atoms with Gasteiger partial charge in [0.15, 0.2) is 0 Å². The second kappa shape index (κ2) is 5.09. The van der Waals surface area contributed by atoms with Crippen LogP contribution in [0, 0.1) is 11.8 Å². The first-order valence-electron chi connectivity index (χ1n) is 8.69. The van der Waals surface area contributed by atoms with Crippen LogP contribution in [-0.4, -0.2) is 0 Å². The average Bonchev–Trinajstić information content (AvgIpc) is 3.30. The lowest BCUT2D eigenvalue weighted by Crippen LogP contribution is -1.99. The smallest absolute Gasteiger partial charge is 0.00387 e. The van der Waals surface area contributed by atoms with Crippen molar-refractivity contribution in [1.82, 2.24) is 0 Å². The highest BCUT2D eigenvalue weighted by Crippen LogP contribution is 2.55. The summed E-state index contributed by atoms with van der Waals surface area (Å²) in [5, 5.41) is 0. The molecule has 112 valence electrons. The third-order valence-electron chi connectivity index (χ3n) is 5.68. The van der Waals surface area contributed by atoms with Gasteiger partial charge in [-0.2, -0.15) is 0 Å². The van der Waals surface area contributed by atoms with Crippen LogP contribution < -0.4 is 0 Å². The molecule has 0 heteroatoms. The molecule has 2 atom stereocenters. The lowest BCUT2D eigenvalue weighted by molar-refractivity contribution is 0.658. The molecule has 2 aromatic carbocycles. The van der Waals surface area contributed by atoms with E-state index < -0.39 is 0 Å². The first-order valence-corrected chi connectivity index (χ1v) is 8.69. The first kappa shape index (κ1) is 13.1. The number of rotatable bonds is 2. The third-order valence-corrected chi connectivity index (χ3v) is 5.68. The summed E-state index contributed by atoms with van der Waals surface area (Å²) in [7, 11) is 0. The maximum Gasteiger partial charge on any atom is -0.00387 e. The number of hydrogen-bond acceptors (Lipinski definition) is 0. The molecule has 3 aliphatic rings. The molecule has 23 heavy (non-hydrogen) atoms. The predicted octanol–water partition coefficient (Wildman–Crippen LogP) is 5.78. The molecular formula is C23H20. The summed E-state index contributed by atoms with van der Waals surface area (Å²) in [5.41, 5.74) is 8.69. The minimum Gasteiger partial charge on any atom is -0.0622 e. The second-order valence-electron chi connectivity index (χ2n) is 6.97. The van der Waals surface area contributed by atoms with Crippen LogP contribution in [0.5, 0.6) is 0 Å². The van der Waals surface area contributed by atoms with E-state index in [-0.39, 0.29) is 0 Å². The van der Waals surface area contributed by atoms with Gasteiger partial charge in [-0.25, -0.2) is 0 Å². The molecule has 0 aromatic heterocycles. The van der Waals surface area contributed by atoms with Crippen molar-refractivity contribution >= 4 is 5.57 Å². The van der Waals surface area contributed by atoms with Crippen molar-refractivity contribution in [3.8, 4) is 0 Å². The van der Waals surface area contributed by atoms with Crippen LogP contribution in [0.4, 0.5) is 0 Å². The zero-order chi connectivity index (χ0) is 15.2. The Morgan fingerprint density at radius 2 is 1.13 bits per heavy atom. The largest absolute Gasteiger partial charge is 0.0622 e. The fourth-order valence-electron chi connectivity index (χ4n) is 4.65. The molecular weight excluding hydrogens is 276 g/mol. The molecule has 0 amide bonds. The molecule has 2 saturated carbocycles. The molecule has 2 unspecified atom stereocenters. The van der Waals surface area contributed by atoms with Gasteiger partial charge in [0.05, 0.1) is 0 Å². The highest BCUT2D eigenvalue weighted by atomic mass is 14.5. The zero-order valence-electron chi connectivity index (χ0n) is 13.2. The van der Waals surface area contributed by atoms with Crippen LogP contribution in [0.1, 0.15) is 30.4 Å². The quantitative estimate of drug-likeness (QED) is 0.658. The van der Waals surface area contributed by atoms with Gasteiger partial charge in [-0.1, -0.05) is 72.8 Å². The molecule has 5 rings (SSSR count). The van der Waals surface area contributed by atoms with E-state index in [0.29, 0.717) is 0 Å². The van der Waals surface area contributed by atoms with Gasteiger partial charge in [-0.15, -0.1) is 0 Å². The molecule has 0 spiro atoms. The van der Waals surface area contributed by atoms with Gasteiger partial charge >= 0.3 is 0 Å². The van der Waals surface area contributed by atoms with Crippen molar-refractivity contribution in [2.75, 3.05) is 0 Å². The summed E-state index contributed by atoms with van der Waals surface area (Å²) in [6.45, 7) is 0. The Morgan fingerprint density at radius 1 is 0.652 bits per heavy atom. The van der Waals surface area contributed by atoms with Gasteiger partial charge in [0.25, 0.3) is 0 Å². The van der Waals surface area contributed by atoms with E-state index >= 15 is 0 Å². The topological polar surface area (TPSA) is 0 Å². The monoisotopic (exact) mass is 296 g/mol. The van der Waals surface area contributed by atoms with E-state index in [4.69, 9.17) is 0 Å². The maximum atomic E-state index is 2.48. The molecule has 2 bridgehead atoms. The van der Waals surface area contributed by atoms with Crippen molar-refractivity contribution < 1.29 is 0 Å². The Kier molecular flexibility index (Phi) is 2.91. The summed E-state index contributed by atoms with van der Waals surface area (Å²) in [6.07, 6.45) is 9.15. The van der Waals surface area contributed by atoms with E-state index in [0.717, 1.165) is 11.8 Å². The summed E-state index contributed by atoms with van der Waals surface area (Å²) in [6, 6.07) is 21.7. The van der Waals surface area contributed by atoms with Gasteiger partial charge in [0, 0.05) is 0 Å². The van der Waals surface area contributed by atoms with Crippen LogP contribution in [0.15, 0.2) is 89.5 Å². The van der Waals surface area contributed by atoms with Gasteiger partial charge in [0.2, 0.25) is 0 Å². The molecule has 2 aromatic rings. The van der Waals surface area contributed by atoms with Crippen molar-refractivity contribution in [3.63, 3.8) is 0 Å². The van der Waals surface area contributed by atoms with Crippen LogP contribution >= 0.6 is 0 Å². The van der Waals surface area contributed by atoms with E-state index in [2.05, 4.69) is 72.8 Å². The molecule has 0 radical (unpaired) electrons. The SMILES string of the molecule is C1=C2C(=CC1=C(c1ccccc1)c1ccccc1)C1CCC2C1. The van der Waals surface area contributed by atoms with E-state index in [1.165, 1.54) is 41.5 Å². The van der Waals surface area contributed by atoms with E-state index in [9.17, 15) is 0 Å². The minimum absolute atomic E-state index is 0.830. The van der Waals surface area contributed by atoms with Gasteiger partial charge in [0.1, 0.15) is 0 Å². The lowest BCUT2D eigenvalue weighted by atomic mass is 9.92. The summed E-state index contributed by atoms with van der Waals surface area (Å²) in [4.78, 5) is 0. The number of allylic oxidation sites excluding steroid dienone is 5. The zero-order valence-corrected chi connectivity index (χ0v) is 13.2. The van der Waals surface area contributed by atoms with E-state index in [1.54, 1.807) is 11.1 Å². The van der Waals surface area contributed by atoms with Crippen LogP contribution in [0.3, 0.4) is 0 Å². The average molecular weight is 296 g/mol. The Hall–Kier alpha value is -2.34. The van der Waals surface area contributed by atoms with Crippen molar-refractivity contribution in [3.05, 3.63) is 101 Å². The molecule has 2 fully saturated rings. The van der Waals surface area contributed by atoms with Crippen LogP contribution in [0.2, 0.25) is 0 Å². The standard InChI is InChI=1S/C23H20/c1-3-7-16(8-4-1)23(17-9-5-2-6-10-17)20-14-21-18-11-12-19(13-18)22(21)15-20/h1-10,14-15,18-19H,11-13H2. The lowest BCUT2D eigenvalue weighted by Gasteiger charge is -2.12. The maximum absolute atomic E-state index is 2.48. The molecule has 3 aliphatic carbocycles. The molecule has 0 nitrogen and oxygen atoms in total. The molecule has 0 aliphatic heterocycles. The normalized spacial score (nSPS) is 24.4. The van der Waals surface area contributed by atoms with Crippen LogP contribution in [0.25, 0.3) is 5.57 Å². The second-order valence-corrected chi connectivity index (χ2v) is 6.97. The molecule has 0 N–H and O–H groups in total. The van der Waals surface area contributed by atoms with Crippen molar-refractivity contribution in [1.29, 1.82) is 0 Å².